The Morgan fingerprint density at radius 2 is 1.61 bits per heavy atom. The number of benzene rings is 1. The zero-order valence-corrected chi connectivity index (χ0v) is 17.3. The summed E-state index contributed by atoms with van der Waals surface area (Å²) in [5, 5.41) is 3.39. The maximum Gasteiger partial charge on any atom is 0.238 e. The molecule has 0 spiro atoms. The van der Waals surface area contributed by atoms with Crippen LogP contribution >= 0.6 is 11.6 Å². The van der Waals surface area contributed by atoms with Crippen LogP contribution in [-0.4, -0.2) is 91.1 Å². The van der Waals surface area contributed by atoms with E-state index in [1.165, 1.54) is 0 Å². The Hall–Kier alpha value is -1.67. The minimum atomic E-state index is -0.0751. The fraction of sp³-hybridized carbons (Fsp3) is 0.600. The molecule has 2 amide bonds. The Labute approximate surface area is 171 Å². The van der Waals surface area contributed by atoms with E-state index in [0.717, 1.165) is 26.2 Å². The van der Waals surface area contributed by atoms with Gasteiger partial charge in [0.2, 0.25) is 11.8 Å². The molecule has 3 rings (SSSR count). The first-order valence-corrected chi connectivity index (χ1v) is 10.2. The summed E-state index contributed by atoms with van der Waals surface area (Å²) < 4.78 is 5.70. The Balaban J connectivity index is 1.40. The first kappa shape index (κ1) is 21.0. The first-order valence-electron chi connectivity index (χ1n) is 9.83. The molecule has 0 bridgehead atoms. The van der Waals surface area contributed by atoms with Crippen LogP contribution in [-0.2, 0) is 14.3 Å². The number of halogens is 1. The number of rotatable bonds is 5. The lowest BCUT2D eigenvalue weighted by Crippen LogP contribution is -2.54. The number of anilines is 1. The summed E-state index contributed by atoms with van der Waals surface area (Å²) >= 11 is 6.08. The molecule has 1 N–H and O–H groups in total. The number of carbonyl (C=O) groups excluding carboxylic acids is 2. The van der Waals surface area contributed by atoms with Crippen molar-refractivity contribution < 1.29 is 14.3 Å². The lowest BCUT2D eigenvalue weighted by atomic mass is 10.2. The van der Waals surface area contributed by atoms with E-state index in [1.54, 1.807) is 12.1 Å². The molecule has 0 saturated carbocycles. The third-order valence-electron chi connectivity index (χ3n) is 5.11. The van der Waals surface area contributed by atoms with Crippen molar-refractivity contribution in [2.75, 3.05) is 57.7 Å². The van der Waals surface area contributed by atoms with Gasteiger partial charge in [0.05, 0.1) is 36.0 Å². The summed E-state index contributed by atoms with van der Waals surface area (Å²) in [6.45, 7) is 9.16. The summed E-state index contributed by atoms with van der Waals surface area (Å²) in [7, 11) is 0. The molecule has 2 fully saturated rings. The van der Waals surface area contributed by atoms with Crippen molar-refractivity contribution in [2.45, 2.75) is 26.1 Å². The Bertz CT molecular complexity index is 684. The van der Waals surface area contributed by atoms with Crippen LogP contribution in [0.4, 0.5) is 5.69 Å². The highest BCUT2D eigenvalue weighted by Crippen LogP contribution is 2.20. The zero-order valence-electron chi connectivity index (χ0n) is 16.6. The second kappa shape index (κ2) is 9.69. The second-order valence-electron chi connectivity index (χ2n) is 7.64. The van der Waals surface area contributed by atoms with Crippen LogP contribution in [0.15, 0.2) is 24.3 Å². The molecule has 2 aliphatic heterocycles. The molecule has 0 radical (unpaired) electrons. The lowest BCUT2D eigenvalue weighted by Gasteiger charge is -2.38. The Morgan fingerprint density at radius 3 is 2.21 bits per heavy atom. The maximum atomic E-state index is 12.6. The van der Waals surface area contributed by atoms with Crippen molar-refractivity contribution >= 4 is 29.1 Å². The third-order valence-corrected chi connectivity index (χ3v) is 5.44. The van der Waals surface area contributed by atoms with Gasteiger partial charge >= 0.3 is 0 Å². The van der Waals surface area contributed by atoms with Crippen molar-refractivity contribution in [1.82, 2.24) is 14.7 Å². The van der Waals surface area contributed by atoms with E-state index in [0.29, 0.717) is 36.9 Å². The number of piperazine rings is 1. The SMILES string of the molecule is C[C@@H]1CN(C(=O)CN2CCN(CC(=O)Nc3ccccc3Cl)CC2)C[C@H](C)O1. The second-order valence-corrected chi connectivity index (χ2v) is 8.04. The van der Waals surface area contributed by atoms with Gasteiger partial charge in [-0.15, -0.1) is 0 Å². The standard InChI is InChI=1S/C20H29ClN4O3/c1-15-11-25(12-16(2)28-15)20(27)14-24-9-7-23(8-10-24)13-19(26)22-18-6-4-3-5-17(18)21/h3-6,15-16H,7-14H2,1-2H3,(H,22,26)/t15-,16+. The van der Waals surface area contributed by atoms with Crippen molar-refractivity contribution in [3.05, 3.63) is 29.3 Å². The summed E-state index contributed by atoms with van der Waals surface area (Å²) in [6.07, 6.45) is 0.169. The first-order chi connectivity index (χ1) is 13.4. The predicted octanol–water partition coefficient (Wildman–Crippen LogP) is 1.53. The van der Waals surface area contributed by atoms with Gasteiger partial charge in [0.15, 0.2) is 0 Å². The van der Waals surface area contributed by atoms with Gasteiger partial charge in [0, 0.05) is 39.3 Å². The zero-order chi connectivity index (χ0) is 20.1. The molecular weight excluding hydrogens is 380 g/mol. The minimum absolute atomic E-state index is 0.0751. The molecule has 1 aromatic carbocycles. The summed E-state index contributed by atoms with van der Waals surface area (Å²) in [5.74, 6) is 0.0841. The molecule has 154 valence electrons. The molecule has 2 heterocycles. The normalized spacial score (nSPS) is 24.2. The van der Waals surface area contributed by atoms with Gasteiger partial charge in [-0.05, 0) is 26.0 Å². The summed E-state index contributed by atoms with van der Waals surface area (Å²) in [4.78, 5) is 31.0. The molecule has 0 unspecified atom stereocenters. The highest BCUT2D eigenvalue weighted by Gasteiger charge is 2.28. The highest BCUT2D eigenvalue weighted by atomic mass is 35.5. The molecule has 7 nitrogen and oxygen atoms in total. The van der Waals surface area contributed by atoms with E-state index in [4.69, 9.17) is 16.3 Å². The van der Waals surface area contributed by atoms with Gasteiger partial charge < -0.3 is 15.0 Å². The number of amides is 2. The van der Waals surface area contributed by atoms with E-state index in [1.807, 2.05) is 30.9 Å². The average Bonchev–Trinajstić information content (AvgIpc) is 2.64. The molecule has 2 saturated heterocycles. The van der Waals surface area contributed by atoms with Crippen molar-refractivity contribution in [1.29, 1.82) is 0 Å². The van der Waals surface area contributed by atoms with Crippen LogP contribution in [0.25, 0.3) is 0 Å². The monoisotopic (exact) mass is 408 g/mol. The smallest absolute Gasteiger partial charge is 0.238 e. The minimum Gasteiger partial charge on any atom is -0.372 e. The number of hydrogen-bond donors (Lipinski definition) is 1. The predicted molar refractivity (Wildman–Crippen MR) is 110 cm³/mol. The van der Waals surface area contributed by atoms with Crippen LogP contribution in [0.5, 0.6) is 0 Å². The molecule has 2 atom stereocenters. The maximum absolute atomic E-state index is 12.6. The van der Waals surface area contributed by atoms with Crippen molar-refractivity contribution in [3.63, 3.8) is 0 Å². The number of carbonyl (C=O) groups is 2. The quantitative estimate of drug-likeness (QED) is 0.800. The van der Waals surface area contributed by atoms with Gasteiger partial charge in [0.25, 0.3) is 0 Å². The van der Waals surface area contributed by atoms with E-state index in [2.05, 4.69) is 15.1 Å². The van der Waals surface area contributed by atoms with Gasteiger partial charge in [0.1, 0.15) is 0 Å². The number of hydrogen-bond acceptors (Lipinski definition) is 5. The van der Waals surface area contributed by atoms with Crippen LogP contribution in [0, 0.1) is 0 Å². The number of nitrogens with zero attached hydrogens (tertiary/aromatic N) is 3. The van der Waals surface area contributed by atoms with Gasteiger partial charge in [-0.1, -0.05) is 23.7 Å². The van der Waals surface area contributed by atoms with Crippen LogP contribution in [0.1, 0.15) is 13.8 Å². The highest BCUT2D eigenvalue weighted by molar-refractivity contribution is 6.33. The number of nitrogens with one attached hydrogen (secondary N) is 1. The largest absolute Gasteiger partial charge is 0.372 e. The molecule has 0 aromatic heterocycles. The Kier molecular flexibility index (Phi) is 7.29. The Morgan fingerprint density at radius 1 is 1.04 bits per heavy atom. The summed E-state index contributed by atoms with van der Waals surface area (Å²) in [6, 6.07) is 7.21. The fourth-order valence-corrected chi connectivity index (χ4v) is 3.92. The molecule has 0 aliphatic carbocycles. The van der Waals surface area contributed by atoms with E-state index < -0.39 is 0 Å². The van der Waals surface area contributed by atoms with Gasteiger partial charge in [-0.25, -0.2) is 0 Å². The van der Waals surface area contributed by atoms with E-state index in [-0.39, 0.29) is 24.0 Å². The molecule has 8 heteroatoms. The topological polar surface area (TPSA) is 65.1 Å². The molecule has 1 aromatic rings. The van der Waals surface area contributed by atoms with E-state index in [9.17, 15) is 9.59 Å². The van der Waals surface area contributed by atoms with Gasteiger partial charge in [-0.2, -0.15) is 0 Å². The van der Waals surface area contributed by atoms with Crippen LogP contribution < -0.4 is 5.32 Å². The number of para-hydroxylation sites is 1. The number of ether oxygens (including phenoxy) is 1. The van der Waals surface area contributed by atoms with Crippen molar-refractivity contribution in [2.24, 2.45) is 0 Å². The third kappa shape index (κ3) is 5.91. The fourth-order valence-electron chi connectivity index (χ4n) is 3.73. The van der Waals surface area contributed by atoms with E-state index >= 15 is 0 Å². The summed E-state index contributed by atoms with van der Waals surface area (Å²) in [5.41, 5.74) is 0.632. The van der Waals surface area contributed by atoms with Crippen LogP contribution in [0.3, 0.4) is 0 Å². The average molecular weight is 409 g/mol. The molecular formula is C20H29ClN4O3. The number of morpholine rings is 1. The lowest BCUT2D eigenvalue weighted by molar-refractivity contribution is -0.144. The molecule has 2 aliphatic rings. The van der Waals surface area contributed by atoms with Gasteiger partial charge in [-0.3, -0.25) is 19.4 Å². The molecule has 28 heavy (non-hydrogen) atoms. The van der Waals surface area contributed by atoms with Crippen LogP contribution in [0.2, 0.25) is 5.02 Å². The van der Waals surface area contributed by atoms with Crippen molar-refractivity contribution in [3.8, 4) is 0 Å².